The van der Waals surface area contributed by atoms with E-state index in [4.69, 9.17) is 5.73 Å². The Morgan fingerprint density at radius 3 is 1.95 bits per heavy atom. The third-order valence-corrected chi connectivity index (χ3v) is 4.51. The fourth-order valence-electron chi connectivity index (χ4n) is 2.47. The zero-order valence-corrected chi connectivity index (χ0v) is 13.0. The summed E-state index contributed by atoms with van der Waals surface area (Å²) in [5.41, 5.74) is 8.63. The van der Waals surface area contributed by atoms with Crippen LogP contribution in [0.1, 0.15) is 21.9 Å². The topological polar surface area (TPSA) is 38.4 Å². The van der Waals surface area contributed by atoms with Crippen molar-refractivity contribution in [2.24, 2.45) is 10.7 Å². The SMILES string of the molecule is NC(=NCC(c1ccccc1)c1ccccc1)c1cccs1. The van der Waals surface area contributed by atoms with E-state index in [2.05, 4.69) is 53.5 Å². The molecule has 0 atom stereocenters. The number of rotatable bonds is 5. The van der Waals surface area contributed by atoms with Crippen molar-refractivity contribution in [2.75, 3.05) is 6.54 Å². The second kappa shape index (κ2) is 7.05. The molecule has 0 saturated heterocycles. The predicted molar refractivity (Wildman–Crippen MR) is 94.6 cm³/mol. The maximum atomic E-state index is 6.10. The average molecular weight is 306 g/mol. The van der Waals surface area contributed by atoms with Crippen molar-refractivity contribution in [3.05, 3.63) is 94.2 Å². The minimum absolute atomic E-state index is 0.223. The fourth-order valence-corrected chi connectivity index (χ4v) is 3.11. The minimum Gasteiger partial charge on any atom is -0.383 e. The highest BCUT2D eigenvalue weighted by atomic mass is 32.1. The third-order valence-electron chi connectivity index (χ3n) is 3.62. The first-order valence-corrected chi connectivity index (χ1v) is 8.16. The summed E-state index contributed by atoms with van der Waals surface area (Å²) in [6.45, 7) is 0.651. The van der Waals surface area contributed by atoms with Gasteiger partial charge in [-0.3, -0.25) is 4.99 Å². The number of hydrogen-bond acceptors (Lipinski definition) is 2. The number of hydrogen-bond donors (Lipinski definition) is 1. The van der Waals surface area contributed by atoms with Crippen LogP contribution in [0.15, 0.2) is 83.2 Å². The molecule has 0 bridgehead atoms. The molecule has 0 aliphatic carbocycles. The molecule has 0 aliphatic heterocycles. The molecule has 3 aromatic rings. The number of benzene rings is 2. The van der Waals surface area contributed by atoms with Gasteiger partial charge in [-0.1, -0.05) is 66.7 Å². The molecule has 22 heavy (non-hydrogen) atoms. The van der Waals surface area contributed by atoms with Gasteiger partial charge >= 0.3 is 0 Å². The minimum atomic E-state index is 0.223. The van der Waals surface area contributed by atoms with E-state index in [-0.39, 0.29) is 5.92 Å². The van der Waals surface area contributed by atoms with Crippen LogP contribution in [0.4, 0.5) is 0 Å². The quantitative estimate of drug-likeness (QED) is 0.554. The molecule has 2 aromatic carbocycles. The molecule has 0 aliphatic rings. The molecular formula is C19H18N2S. The Labute approximate surface area is 135 Å². The molecule has 0 spiro atoms. The Hall–Kier alpha value is -2.39. The van der Waals surface area contributed by atoms with Crippen LogP contribution < -0.4 is 5.73 Å². The van der Waals surface area contributed by atoms with Crippen molar-refractivity contribution in [1.29, 1.82) is 0 Å². The van der Waals surface area contributed by atoms with Crippen LogP contribution in [0.3, 0.4) is 0 Å². The lowest BCUT2D eigenvalue weighted by Gasteiger charge is -2.16. The average Bonchev–Trinajstić information content (AvgIpc) is 3.11. The Bertz CT molecular complexity index is 679. The smallest absolute Gasteiger partial charge is 0.135 e. The van der Waals surface area contributed by atoms with Gasteiger partial charge in [0.1, 0.15) is 5.84 Å². The molecule has 3 heteroatoms. The largest absolute Gasteiger partial charge is 0.383 e. The van der Waals surface area contributed by atoms with Gasteiger partial charge in [-0.15, -0.1) is 11.3 Å². The Balaban J connectivity index is 1.88. The molecule has 0 saturated carbocycles. The van der Waals surface area contributed by atoms with Crippen molar-refractivity contribution < 1.29 is 0 Å². The summed E-state index contributed by atoms with van der Waals surface area (Å²) in [5, 5.41) is 2.02. The summed E-state index contributed by atoms with van der Waals surface area (Å²) in [6, 6.07) is 24.9. The lowest BCUT2D eigenvalue weighted by atomic mass is 9.91. The highest BCUT2D eigenvalue weighted by molar-refractivity contribution is 7.12. The first-order chi connectivity index (χ1) is 10.8. The van der Waals surface area contributed by atoms with E-state index >= 15 is 0 Å². The molecular weight excluding hydrogens is 288 g/mol. The van der Waals surface area contributed by atoms with Gasteiger partial charge in [0.25, 0.3) is 0 Å². The van der Waals surface area contributed by atoms with Crippen molar-refractivity contribution in [3.63, 3.8) is 0 Å². The summed E-state index contributed by atoms with van der Waals surface area (Å²) < 4.78 is 0. The van der Waals surface area contributed by atoms with E-state index in [0.717, 1.165) is 4.88 Å². The molecule has 0 fully saturated rings. The van der Waals surface area contributed by atoms with Crippen molar-refractivity contribution in [3.8, 4) is 0 Å². The number of nitrogens with zero attached hydrogens (tertiary/aromatic N) is 1. The normalized spacial score (nSPS) is 11.8. The van der Waals surface area contributed by atoms with Crippen LogP contribution in [0, 0.1) is 0 Å². The summed E-state index contributed by atoms with van der Waals surface area (Å²) in [6.07, 6.45) is 0. The Kier molecular flexibility index (Phi) is 4.66. The second-order valence-electron chi connectivity index (χ2n) is 5.08. The van der Waals surface area contributed by atoms with Crippen LogP contribution in [0.25, 0.3) is 0 Å². The molecule has 2 nitrogen and oxygen atoms in total. The summed E-state index contributed by atoms with van der Waals surface area (Å²) >= 11 is 1.62. The molecule has 3 rings (SSSR count). The van der Waals surface area contributed by atoms with Gasteiger partial charge in [0.15, 0.2) is 0 Å². The second-order valence-corrected chi connectivity index (χ2v) is 6.02. The highest BCUT2D eigenvalue weighted by Crippen LogP contribution is 2.25. The number of nitrogens with two attached hydrogens (primary N) is 1. The van der Waals surface area contributed by atoms with Gasteiger partial charge in [0.2, 0.25) is 0 Å². The first kappa shape index (κ1) is 14.5. The molecule has 2 N–H and O–H groups in total. The van der Waals surface area contributed by atoms with Crippen LogP contribution >= 0.6 is 11.3 Å². The molecule has 1 aromatic heterocycles. The van der Waals surface area contributed by atoms with Gasteiger partial charge in [0, 0.05) is 5.92 Å². The van der Waals surface area contributed by atoms with E-state index in [9.17, 15) is 0 Å². The fraction of sp³-hybridized carbons (Fsp3) is 0.105. The standard InChI is InChI=1S/C19H18N2S/c20-19(18-12-7-13-22-18)21-14-17(15-8-3-1-4-9-15)16-10-5-2-6-11-16/h1-13,17H,14H2,(H2,20,21). The van der Waals surface area contributed by atoms with E-state index in [1.54, 1.807) is 11.3 Å². The summed E-state index contributed by atoms with van der Waals surface area (Å²) in [4.78, 5) is 5.65. The summed E-state index contributed by atoms with van der Waals surface area (Å²) in [7, 11) is 0. The lowest BCUT2D eigenvalue weighted by molar-refractivity contribution is 0.819. The van der Waals surface area contributed by atoms with Crippen molar-refractivity contribution in [1.82, 2.24) is 0 Å². The zero-order chi connectivity index (χ0) is 15.2. The molecule has 0 unspecified atom stereocenters. The van der Waals surface area contributed by atoms with Crippen molar-refractivity contribution >= 4 is 17.2 Å². The maximum Gasteiger partial charge on any atom is 0.135 e. The van der Waals surface area contributed by atoms with E-state index in [1.165, 1.54) is 11.1 Å². The number of amidine groups is 1. The van der Waals surface area contributed by atoms with Gasteiger partial charge in [-0.2, -0.15) is 0 Å². The van der Waals surface area contributed by atoms with E-state index in [0.29, 0.717) is 12.4 Å². The monoisotopic (exact) mass is 306 g/mol. The van der Waals surface area contributed by atoms with Gasteiger partial charge < -0.3 is 5.73 Å². The molecule has 0 amide bonds. The van der Waals surface area contributed by atoms with Gasteiger partial charge in [-0.25, -0.2) is 0 Å². The molecule has 110 valence electrons. The number of aliphatic imine (C=N–C) groups is 1. The maximum absolute atomic E-state index is 6.10. The Morgan fingerprint density at radius 1 is 0.864 bits per heavy atom. The van der Waals surface area contributed by atoms with Gasteiger partial charge in [0.05, 0.1) is 11.4 Å². The number of thiophene rings is 1. The first-order valence-electron chi connectivity index (χ1n) is 7.28. The van der Waals surface area contributed by atoms with Crippen molar-refractivity contribution in [2.45, 2.75) is 5.92 Å². The van der Waals surface area contributed by atoms with Crippen LogP contribution in [-0.2, 0) is 0 Å². The third kappa shape index (κ3) is 3.43. The molecule has 1 heterocycles. The highest BCUT2D eigenvalue weighted by Gasteiger charge is 2.13. The van der Waals surface area contributed by atoms with Crippen LogP contribution in [0.5, 0.6) is 0 Å². The van der Waals surface area contributed by atoms with Crippen LogP contribution in [-0.4, -0.2) is 12.4 Å². The lowest BCUT2D eigenvalue weighted by Crippen LogP contribution is -2.14. The predicted octanol–water partition coefficient (Wildman–Crippen LogP) is 4.29. The van der Waals surface area contributed by atoms with E-state index < -0.39 is 0 Å². The van der Waals surface area contributed by atoms with E-state index in [1.807, 2.05) is 29.6 Å². The van der Waals surface area contributed by atoms with Crippen LogP contribution in [0.2, 0.25) is 0 Å². The molecule has 0 radical (unpaired) electrons. The summed E-state index contributed by atoms with van der Waals surface area (Å²) in [5.74, 6) is 0.841. The van der Waals surface area contributed by atoms with Gasteiger partial charge in [-0.05, 0) is 22.6 Å². The zero-order valence-electron chi connectivity index (χ0n) is 12.2. The Morgan fingerprint density at radius 2 is 1.45 bits per heavy atom.